The molecule has 0 unspecified atom stereocenters. The lowest BCUT2D eigenvalue weighted by Gasteiger charge is -2.37. The molecule has 1 aliphatic heterocycles. The third kappa shape index (κ3) is 6.43. The number of likely N-dealkylation sites (N-methyl/N-ethyl adjacent to an activating group) is 1. The summed E-state index contributed by atoms with van der Waals surface area (Å²) in [5.74, 6) is -0.240. The average Bonchev–Trinajstić information content (AvgIpc) is 2.76. The zero-order chi connectivity index (χ0) is 22.4. The zero-order valence-electron chi connectivity index (χ0n) is 17.9. The Morgan fingerprint density at radius 2 is 1.61 bits per heavy atom. The van der Waals surface area contributed by atoms with Gasteiger partial charge in [0.1, 0.15) is 0 Å². The highest BCUT2D eigenvalue weighted by Gasteiger charge is 2.28. The first kappa shape index (κ1) is 23.5. The van der Waals surface area contributed by atoms with Gasteiger partial charge in [0.25, 0.3) is 0 Å². The summed E-state index contributed by atoms with van der Waals surface area (Å²) < 4.78 is 0. The molecule has 0 radical (unpaired) electrons. The van der Waals surface area contributed by atoms with Crippen LogP contribution >= 0.6 is 23.2 Å². The molecule has 1 atom stereocenters. The van der Waals surface area contributed by atoms with Crippen molar-refractivity contribution in [3.05, 3.63) is 64.1 Å². The molecule has 0 saturated carbocycles. The molecule has 1 aliphatic rings. The molecule has 1 saturated heterocycles. The number of carbonyl (C=O) groups is 2. The van der Waals surface area contributed by atoms with Crippen molar-refractivity contribution < 1.29 is 9.59 Å². The number of carbonyl (C=O) groups excluding carboxylic acids is 2. The molecular formula is C23H28Cl2N4O2. The molecule has 2 amide bonds. The summed E-state index contributed by atoms with van der Waals surface area (Å²) >= 11 is 12.2. The smallest absolute Gasteiger partial charge is 0.239 e. The highest BCUT2D eigenvalue weighted by molar-refractivity contribution is 6.39. The number of para-hydroxylation sites is 1. The van der Waals surface area contributed by atoms with Gasteiger partial charge in [-0.1, -0.05) is 59.6 Å². The van der Waals surface area contributed by atoms with Crippen LogP contribution in [0.3, 0.4) is 0 Å². The maximum atomic E-state index is 12.9. The van der Waals surface area contributed by atoms with Crippen LogP contribution in [0, 0.1) is 0 Å². The summed E-state index contributed by atoms with van der Waals surface area (Å²) in [7, 11) is 1.77. The van der Waals surface area contributed by atoms with E-state index in [4.69, 9.17) is 23.2 Å². The lowest BCUT2D eigenvalue weighted by molar-refractivity contribution is -0.138. The fourth-order valence-electron chi connectivity index (χ4n) is 3.58. The van der Waals surface area contributed by atoms with E-state index < -0.39 is 6.04 Å². The van der Waals surface area contributed by atoms with E-state index >= 15 is 0 Å². The van der Waals surface area contributed by atoms with E-state index in [-0.39, 0.29) is 18.4 Å². The van der Waals surface area contributed by atoms with Gasteiger partial charge in [0.15, 0.2) is 0 Å². The Balaban J connectivity index is 1.47. The van der Waals surface area contributed by atoms with Crippen molar-refractivity contribution in [2.45, 2.75) is 19.5 Å². The second kappa shape index (κ2) is 11.0. The highest BCUT2D eigenvalue weighted by atomic mass is 35.5. The molecule has 0 spiro atoms. The van der Waals surface area contributed by atoms with E-state index in [1.165, 1.54) is 5.56 Å². The zero-order valence-corrected chi connectivity index (χ0v) is 19.4. The molecule has 2 aromatic carbocycles. The van der Waals surface area contributed by atoms with Gasteiger partial charge < -0.3 is 10.2 Å². The lowest BCUT2D eigenvalue weighted by atomic mass is 10.2. The topological polar surface area (TPSA) is 55.9 Å². The molecule has 1 N–H and O–H groups in total. The highest BCUT2D eigenvalue weighted by Crippen LogP contribution is 2.29. The van der Waals surface area contributed by atoms with Crippen LogP contribution < -0.4 is 5.32 Å². The number of hydrogen-bond donors (Lipinski definition) is 1. The third-order valence-electron chi connectivity index (χ3n) is 5.57. The fourth-order valence-corrected chi connectivity index (χ4v) is 4.07. The molecule has 31 heavy (non-hydrogen) atoms. The Morgan fingerprint density at radius 3 is 2.23 bits per heavy atom. The van der Waals surface area contributed by atoms with Gasteiger partial charge in [0.2, 0.25) is 11.8 Å². The Bertz CT molecular complexity index is 881. The van der Waals surface area contributed by atoms with Crippen LogP contribution in [0.5, 0.6) is 0 Å². The second-order valence-electron chi connectivity index (χ2n) is 7.82. The van der Waals surface area contributed by atoms with Crippen LogP contribution in [0.25, 0.3) is 0 Å². The van der Waals surface area contributed by atoms with Crippen molar-refractivity contribution in [3.63, 3.8) is 0 Å². The molecule has 166 valence electrons. The minimum atomic E-state index is -0.409. The molecule has 0 aromatic heterocycles. The molecule has 0 bridgehead atoms. The van der Waals surface area contributed by atoms with Gasteiger partial charge >= 0.3 is 0 Å². The monoisotopic (exact) mass is 462 g/mol. The van der Waals surface area contributed by atoms with E-state index in [0.717, 1.165) is 19.6 Å². The SMILES string of the molecule is C[C@H](C(=O)N1CCN(Cc2ccccc2)CC1)N(C)CC(=O)Nc1c(Cl)cccc1Cl. The van der Waals surface area contributed by atoms with Crippen LogP contribution in [-0.4, -0.2) is 72.3 Å². The third-order valence-corrected chi connectivity index (χ3v) is 6.20. The molecule has 6 nitrogen and oxygen atoms in total. The average molecular weight is 463 g/mol. The summed E-state index contributed by atoms with van der Waals surface area (Å²) in [5, 5.41) is 3.49. The number of halogens is 2. The number of benzene rings is 2. The predicted molar refractivity (Wildman–Crippen MR) is 125 cm³/mol. The number of nitrogens with zero attached hydrogens (tertiary/aromatic N) is 3. The molecule has 1 heterocycles. The molecule has 1 fully saturated rings. The van der Waals surface area contributed by atoms with Crippen molar-refractivity contribution in [2.75, 3.05) is 45.1 Å². The van der Waals surface area contributed by atoms with Crippen molar-refractivity contribution in [1.82, 2.24) is 14.7 Å². The first-order valence-corrected chi connectivity index (χ1v) is 11.1. The summed E-state index contributed by atoms with van der Waals surface area (Å²) in [6.45, 7) is 5.82. The Hall–Kier alpha value is -2.12. The summed E-state index contributed by atoms with van der Waals surface area (Å²) in [4.78, 5) is 31.4. The van der Waals surface area contributed by atoms with Gasteiger partial charge in [-0.3, -0.25) is 19.4 Å². The Morgan fingerprint density at radius 1 is 1.00 bits per heavy atom. The normalized spacial score (nSPS) is 15.7. The Labute approximate surface area is 193 Å². The number of rotatable bonds is 7. The van der Waals surface area contributed by atoms with Gasteiger partial charge in [0, 0.05) is 32.7 Å². The number of nitrogens with one attached hydrogen (secondary N) is 1. The molecule has 0 aliphatic carbocycles. The van der Waals surface area contributed by atoms with Crippen LogP contribution in [0.15, 0.2) is 48.5 Å². The molecule has 2 aromatic rings. The predicted octanol–water partition coefficient (Wildman–Crippen LogP) is 3.60. The van der Waals surface area contributed by atoms with Crippen molar-refractivity contribution in [3.8, 4) is 0 Å². The van der Waals surface area contributed by atoms with Crippen LogP contribution in [-0.2, 0) is 16.1 Å². The van der Waals surface area contributed by atoms with Crippen molar-refractivity contribution in [2.24, 2.45) is 0 Å². The largest absolute Gasteiger partial charge is 0.339 e. The Kier molecular flexibility index (Phi) is 8.32. The van der Waals surface area contributed by atoms with Crippen molar-refractivity contribution >= 4 is 40.7 Å². The first-order valence-electron chi connectivity index (χ1n) is 10.3. The molecule has 8 heteroatoms. The lowest BCUT2D eigenvalue weighted by Crippen LogP contribution is -2.54. The number of anilines is 1. The maximum absolute atomic E-state index is 12.9. The standard InChI is InChI=1S/C23H28Cl2N4O2/c1-17(27(2)16-21(30)26-22-19(24)9-6-10-20(22)25)23(31)29-13-11-28(12-14-29)15-18-7-4-3-5-8-18/h3-10,17H,11-16H2,1-2H3,(H,26,30)/t17-/m1/s1. The van der Waals surface area contributed by atoms with E-state index in [9.17, 15) is 9.59 Å². The van der Waals surface area contributed by atoms with E-state index in [2.05, 4.69) is 22.3 Å². The quantitative estimate of drug-likeness (QED) is 0.682. The number of piperazine rings is 1. The van der Waals surface area contributed by atoms with Gasteiger partial charge in [0.05, 0.1) is 28.3 Å². The van der Waals surface area contributed by atoms with Gasteiger partial charge in [-0.2, -0.15) is 0 Å². The van der Waals surface area contributed by atoms with Crippen LogP contribution in [0.1, 0.15) is 12.5 Å². The fraction of sp³-hybridized carbons (Fsp3) is 0.391. The minimum Gasteiger partial charge on any atom is -0.339 e. The second-order valence-corrected chi connectivity index (χ2v) is 8.64. The number of hydrogen-bond acceptors (Lipinski definition) is 4. The number of amides is 2. The molecule has 3 rings (SSSR count). The molecular weight excluding hydrogens is 435 g/mol. The van der Waals surface area contributed by atoms with Gasteiger partial charge in [-0.15, -0.1) is 0 Å². The summed E-state index contributed by atoms with van der Waals surface area (Å²) in [6, 6.07) is 15.0. The van der Waals surface area contributed by atoms with Gasteiger partial charge in [-0.25, -0.2) is 0 Å². The van der Waals surface area contributed by atoms with Crippen LogP contribution in [0.2, 0.25) is 10.0 Å². The minimum absolute atomic E-state index is 0.0328. The first-order chi connectivity index (χ1) is 14.8. The van der Waals surface area contributed by atoms with E-state index in [0.29, 0.717) is 28.8 Å². The van der Waals surface area contributed by atoms with E-state index in [1.54, 1.807) is 30.1 Å². The maximum Gasteiger partial charge on any atom is 0.239 e. The van der Waals surface area contributed by atoms with E-state index in [1.807, 2.05) is 30.0 Å². The van der Waals surface area contributed by atoms with Crippen LogP contribution in [0.4, 0.5) is 5.69 Å². The summed E-state index contributed by atoms with van der Waals surface area (Å²) in [5.41, 5.74) is 1.66. The summed E-state index contributed by atoms with van der Waals surface area (Å²) in [6.07, 6.45) is 0. The van der Waals surface area contributed by atoms with Crippen molar-refractivity contribution in [1.29, 1.82) is 0 Å². The van der Waals surface area contributed by atoms with Gasteiger partial charge in [-0.05, 0) is 31.7 Å².